The second-order valence-electron chi connectivity index (χ2n) is 3.64. The van der Waals surface area contributed by atoms with Crippen LogP contribution in [-0.2, 0) is 4.74 Å². The molecule has 3 heteroatoms. The summed E-state index contributed by atoms with van der Waals surface area (Å²) in [6.45, 7) is 6.06. The van der Waals surface area contributed by atoms with Crippen molar-refractivity contribution in [2.75, 3.05) is 0 Å². The van der Waals surface area contributed by atoms with Crippen molar-refractivity contribution in [2.24, 2.45) is 0 Å². The van der Waals surface area contributed by atoms with Crippen LogP contribution in [0.1, 0.15) is 27.2 Å². The summed E-state index contributed by atoms with van der Waals surface area (Å²) >= 11 is 0. The summed E-state index contributed by atoms with van der Waals surface area (Å²) in [5.74, 6) is 0.821. The minimum Gasteiger partial charge on any atom is -0.465 e. The molecular formula is C12H17O2Si. The predicted molar refractivity (Wildman–Crippen MR) is 62.8 cm³/mol. The Labute approximate surface area is 95.0 Å². The minimum absolute atomic E-state index is 0.178. The summed E-state index contributed by atoms with van der Waals surface area (Å²) < 4.78 is 11.3. The van der Waals surface area contributed by atoms with Gasteiger partial charge in [-0.1, -0.05) is 25.1 Å². The van der Waals surface area contributed by atoms with Crippen LogP contribution in [0.25, 0.3) is 0 Å². The lowest BCUT2D eigenvalue weighted by atomic mass is 10.3. The van der Waals surface area contributed by atoms with Gasteiger partial charge in [-0.3, -0.25) is 0 Å². The summed E-state index contributed by atoms with van der Waals surface area (Å²) in [7, 11) is 3.49. The van der Waals surface area contributed by atoms with Gasteiger partial charge in [0.05, 0.1) is 16.3 Å². The van der Waals surface area contributed by atoms with E-state index in [2.05, 4.69) is 10.2 Å². The van der Waals surface area contributed by atoms with Gasteiger partial charge >= 0.3 is 0 Å². The van der Waals surface area contributed by atoms with E-state index in [1.807, 2.05) is 45.0 Å². The minimum atomic E-state index is -0.178. The van der Waals surface area contributed by atoms with Crippen molar-refractivity contribution in [3.05, 3.63) is 24.3 Å². The number of benzene rings is 1. The zero-order chi connectivity index (χ0) is 11.3. The Bertz CT molecular complexity index is 299. The maximum Gasteiger partial charge on any atom is 0.199 e. The fraction of sp³-hybridized carbons (Fsp3) is 0.500. The summed E-state index contributed by atoms with van der Waals surface area (Å²) in [5.41, 5.74) is 0. The molecule has 0 fully saturated rings. The molecule has 0 spiro atoms. The van der Waals surface area contributed by atoms with Gasteiger partial charge in [-0.15, -0.1) is 0 Å². The van der Waals surface area contributed by atoms with Crippen molar-refractivity contribution < 1.29 is 9.47 Å². The van der Waals surface area contributed by atoms with Crippen molar-refractivity contribution in [1.29, 1.82) is 0 Å². The highest BCUT2D eigenvalue weighted by atomic mass is 28.1. The molecule has 0 bridgehead atoms. The second kappa shape index (κ2) is 5.93. The molecule has 3 radical (unpaired) electrons. The Morgan fingerprint density at radius 3 is 2.47 bits per heavy atom. The van der Waals surface area contributed by atoms with E-state index >= 15 is 0 Å². The maximum atomic E-state index is 5.73. The molecule has 0 aliphatic rings. The molecule has 0 aliphatic heterocycles. The first kappa shape index (κ1) is 12.3. The molecule has 0 saturated carbocycles. The van der Waals surface area contributed by atoms with Crippen LogP contribution in [0.2, 0.25) is 0 Å². The van der Waals surface area contributed by atoms with Crippen molar-refractivity contribution in [1.82, 2.24) is 0 Å². The number of rotatable bonds is 5. The molecule has 1 aromatic carbocycles. The van der Waals surface area contributed by atoms with Crippen LogP contribution in [0.3, 0.4) is 0 Å². The molecule has 2 nitrogen and oxygen atoms in total. The fourth-order valence-electron chi connectivity index (χ4n) is 1.22. The zero-order valence-corrected chi connectivity index (χ0v) is 10.5. The highest BCUT2D eigenvalue weighted by Gasteiger charge is 2.11. The van der Waals surface area contributed by atoms with Crippen molar-refractivity contribution >= 4 is 15.4 Å². The molecule has 0 amide bonds. The van der Waals surface area contributed by atoms with E-state index in [9.17, 15) is 0 Å². The Morgan fingerprint density at radius 2 is 1.93 bits per heavy atom. The number of hydrogen-bond acceptors (Lipinski definition) is 2. The summed E-state index contributed by atoms with van der Waals surface area (Å²) in [6, 6.07) is 7.78. The van der Waals surface area contributed by atoms with Crippen LogP contribution in [0, 0.1) is 0 Å². The average Bonchev–Trinajstić information content (AvgIpc) is 2.19. The highest BCUT2D eigenvalue weighted by Crippen LogP contribution is 2.11. The molecule has 81 valence electrons. The SMILES string of the molecule is CCC(Oc1ccccc1[Si])OC(C)C. The molecule has 15 heavy (non-hydrogen) atoms. The van der Waals surface area contributed by atoms with Gasteiger partial charge in [0.1, 0.15) is 5.75 Å². The lowest BCUT2D eigenvalue weighted by Gasteiger charge is -2.21. The third kappa shape index (κ3) is 4.06. The van der Waals surface area contributed by atoms with Crippen molar-refractivity contribution in [3.63, 3.8) is 0 Å². The molecule has 0 heterocycles. The van der Waals surface area contributed by atoms with Crippen molar-refractivity contribution in [3.8, 4) is 5.75 Å². The van der Waals surface area contributed by atoms with Crippen LogP contribution < -0.4 is 9.92 Å². The summed E-state index contributed by atoms with van der Waals surface area (Å²) in [4.78, 5) is 0. The molecule has 0 aliphatic carbocycles. The monoisotopic (exact) mass is 221 g/mol. The van der Waals surface area contributed by atoms with Crippen LogP contribution in [0.5, 0.6) is 5.75 Å². The summed E-state index contributed by atoms with van der Waals surface area (Å²) in [6.07, 6.45) is 0.831. The van der Waals surface area contributed by atoms with Gasteiger partial charge in [-0.2, -0.15) is 0 Å². The Hall–Kier alpha value is -0.803. The van der Waals surface area contributed by atoms with Gasteiger partial charge in [0.2, 0.25) is 0 Å². The van der Waals surface area contributed by atoms with Crippen LogP contribution in [-0.4, -0.2) is 22.6 Å². The quantitative estimate of drug-likeness (QED) is 0.559. The molecule has 0 N–H and O–H groups in total. The number of para-hydroxylation sites is 1. The van der Waals surface area contributed by atoms with E-state index in [-0.39, 0.29) is 12.4 Å². The molecule has 1 rings (SSSR count). The molecule has 1 unspecified atom stereocenters. The van der Waals surface area contributed by atoms with Crippen molar-refractivity contribution in [2.45, 2.75) is 39.6 Å². The lowest BCUT2D eigenvalue weighted by molar-refractivity contribution is -0.108. The Balaban J connectivity index is 2.62. The third-order valence-electron chi connectivity index (χ3n) is 1.90. The standard InChI is InChI=1S/C12H17O2Si/c1-4-12(13-9(2)3)14-10-7-5-6-8-11(10)15/h5-9,12H,4H2,1-3H3. The van der Waals surface area contributed by atoms with Gasteiger partial charge in [0, 0.05) is 6.42 Å². The van der Waals surface area contributed by atoms with Gasteiger partial charge < -0.3 is 9.47 Å². The molecule has 1 atom stereocenters. The van der Waals surface area contributed by atoms with Gasteiger partial charge in [0.15, 0.2) is 6.29 Å². The average molecular weight is 221 g/mol. The second-order valence-corrected chi connectivity index (χ2v) is 4.18. The van der Waals surface area contributed by atoms with E-state index in [4.69, 9.17) is 9.47 Å². The molecule has 0 saturated heterocycles. The first-order valence-corrected chi connectivity index (χ1v) is 5.76. The summed E-state index contributed by atoms with van der Waals surface area (Å²) in [5, 5.41) is 0.948. The van der Waals surface area contributed by atoms with Gasteiger partial charge in [-0.25, -0.2) is 0 Å². The smallest absolute Gasteiger partial charge is 0.199 e. The largest absolute Gasteiger partial charge is 0.465 e. The first-order chi connectivity index (χ1) is 7.13. The third-order valence-corrected chi connectivity index (χ3v) is 2.32. The van der Waals surface area contributed by atoms with Crippen LogP contribution in [0.4, 0.5) is 0 Å². The normalized spacial score (nSPS) is 12.9. The van der Waals surface area contributed by atoms with E-state index < -0.39 is 0 Å². The molecule has 0 aromatic heterocycles. The van der Waals surface area contributed by atoms with E-state index in [0.29, 0.717) is 0 Å². The highest BCUT2D eigenvalue weighted by molar-refractivity contribution is 6.34. The van der Waals surface area contributed by atoms with E-state index in [1.54, 1.807) is 0 Å². The topological polar surface area (TPSA) is 18.5 Å². The lowest BCUT2D eigenvalue weighted by Crippen LogP contribution is -2.25. The van der Waals surface area contributed by atoms with E-state index in [0.717, 1.165) is 17.4 Å². The Morgan fingerprint density at radius 1 is 1.27 bits per heavy atom. The van der Waals surface area contributed by atoms with E-state index in [1.165, 1.54) is 0 Å². The van der Waals surface area contributed by atoms with Gasteiger partial charge in [0.25, 0.3) is 0 Å². The Kier molecular flexibility index (Phi) is 4.85. The van der Waals surface area contributed by atoms with Crippen LogP contribution >= 0.6 is 0 Å². The number of hydrogen-bond donors (Lipinski definition) is 0. The predicted octanol–water partition coefficient (Wildman–Crippen LogP) is 2.02. The first-order valence-electron chi connectivity index (χ1n) is 5.26. The number of ether oxygens (including phenoxy) is 2. The fourth-order valence-corrected chi connectivity index (χ4v) is 1.46. The zero-order valence-electron chi connectivity index (χ0n) is 9.49. The maximum absolute atomic E-state index is 5.73. The van der Waals surface area contributed by atoms with Gasteiger partial charge in [-0.05, 0) is 25.1 Å². The van der Waals surface area contributed by atoms with Crippen LogP contribution in [0.15, 0.2) is 24.3 Å². The molecule has 1 aromatic rings. The molecular weight excluding hydrogens is 204 g/mol.